The van der Waals surface area contributed by atoms with Crippen LogP contribution in [0.15, 0.2) is 0 Å². The number of unbranched alkanes of at least 4 members (excludes halogenated alkanes) is 3. The number of nitrogens with zero attached hydrogens (tertiary/aromatic N) is 1. The molecule has 7 nitrogen and oxygen atoms in total. The highest BCUT2D eigenvalue weighted by atomic mass is 28.4. The molecule has 2 amide bonds. The number of hydrogen-bond donors (Lipinski definition) is 2. The van der Waals surface area contributed by atoms with E-state index in [-0.39, 0.29) is 23.7 Å². The summed E-state index contributed by atoms with van der Waals surface area (Å²) < 4.78 is 11.4. The molecule has 1 saturated heterocycles. The van der Waals surface area contributed by atoms with Crippen LogP contribution in [0.5, 0.6) is 0 Å². The molecule has 0 atom stereocenters. The molecule has 2 fully saturated rings. The number of carbonyl (C=O) groups is 2. The lowest BCUT2D eigenvalue weighted by molar-refractivity contribution is -0.127. The minimum atomic E-state index is -1.58. The van der Waals surface area contributed by atoms with E-state index in [9.17, 15) is 9.59 Å². The van der Waals surface area contributed by atoms with Crippen molar-refractivity contribution >= 4 is 28.4 Å². The van der Waals surface area contributed by atoms with Gasteiger partial charge in [0.05, 0.1) is 0 Å². The first-order chi connectivity index (χ1) is 17.0. The van der Waals surface area contributed by atoms with Crippen LogP contribution in [-0.2, 0) is 18.4 Å². The molecule has 9 heteroatoms. The Bertz CT molecular complexity index is 605. The Hall–Kier alpha value is -0.746. The molecule has 1 aliphatic carbocycles. The SMILES string of the molecule is CO[Si](C)(C)CC1CCC(C(=O)NCCCCCCNC(=O)C2CCN(C[Si](C)(C)OC)CC2)CC1. The Morgan fingerprint density at radius 1 is 0.722 bits per heavy atom. The second-order valence-electron chi connectivity index (χ2n) is 12.4. The van der Waals surface area contributed by atoms with Crippen molar-refractivity contribution in [2.45, 2.75) is 96.4 Å². The third kappa shape index (κ3) is 11.8. The minimum absolute atomic E-state index is 0.160. The van der Waals surface area contributed by atoms with Crippen molar-refractivity contribution in [1.29, 1.82) is 0 Å². The van der Waals surface area contributed by atoms with Crippen molar-refractivity contribution in [2.24, 2.45) is 17.8 Å². The van der Waals surface area contributed by atoms with Gasteiger partial charge in [0, 0.05) is 45.3 Å². The first-order valence-electron chi connectivity index (χ1n) is 14.4. The lowest BCUT2D eigenvalue weighted by Gasteiger charge is -2.35. The maximum atomic E-state index is 12.5. The van der Waals surface area contributed by atoms with Gasteiger partial charge in [0.25, 0.3) is 0 Å². The zero-order chi connectivity index (χ0) is 26.6. The molecule has 1 heterocycles. The minimum Gasteiger partial charge on any atom is -0.420 e. The topological polar surface area (TPSA) is 79.9 Å². The van der Waals surface area contributed by atoms with Gasteiger partial charge in [0.15, 0.2) is 16.6 Å². The fourth-order valence-electron chi connectivity index (χ4n) is 5.68. The van der Waals surface area contributed by atoms with Crippen LogP contribution in [0, 0.1) is 17.8 Å². The molecule has 0 aromatic carbocycles. The van der Waals surface area contributed by atoms with Gasteiger partial charge in [-0.3, -0.25) is 9.59 Å². The average Bonchev–Trinajstić information content (AvgIpc) is 2.85. The molecule has 0 spiro atoms. The molecule has 2 rings (SSSR count). The number of piperidine rings is 1. The van der Waals surface area contributed by atoms with E-state index in [1.807, 2.05) is 14.2 Å². The lowest BCUT2D eigenvalue weighted by atomic mass is 9.82. The van der Waals surface area contributed by atoms with Crippen LogP contribution in [0.3, 0.4) is 0 Å². The smallest absolute Gasteiger partial charge is 0.223 e. The van der Waals surface area contributed by atoms with Gasteiger partial charge in [-0.15, -0.1) is 0 Å². The summed E-state index contributed by atoms with van der Waals surface area (Å²) in [6.45, 7) is 12.6. The Kier molecular flexibility index (Phi) is 13.6. The molecule has 0 bridgehead atoms. The molecule has 210 valence electrons. The fraction of sp³-hybridized carbons (Fsp3) is 0.926. The third-order valence-corrected chi connectivity index (χ3v) is 13.3. The normalized spacial score (nSPS) is 22.4. The van der Waals surface area contributed by atoms with Gasteiger partial charge in [-0.25, -0.2) is 0 Å². The molecule has 2 N–H and O–H groups in total. The molecular weight excluding hydrogens is 486 g/mol. The van der Waals surface area contributed by atoms with Gasteiger partial charge >= 0.3 is 0 Å². The lowest BCUT2D eigenvalue weighted by Crippen LogP contribution is -2.48. The third-order valence-electron chi connectivity index (χ3n) is 8.37. The first-order valence-corrected chi connectivity index (χ1v) is 20.7. The van der Waals surface area contributed by atoms with Crippen LogP contribution < -0.4 is 10.6 Å². The summed E-state index contributed by atoms with van der Waals surface area (Å²) >= 11 is 0. The summed E-state index contributed by atoms with van der Waals surface area (Å²) in [7, 11) is 0.577. The number of carbonyl (C=O) groups excluding carboxylic acids is 2. The first kappa shape index (κ1) is 31.5. The molecule has 36 heavy (non-hydrogen) atoms. The molecule has 0 radical (unpaired) electrons. The maximum Gasteiger partial charge on any atom is 0.223 e. The molecule has 0 aromatic heterocycles. The van der Waals surface area contributed by atoms with E-state index in [4.69, 9.17) is 8.85 Å². The monoisotopic (exact) mass is 541 g/mol. The van der Waals surface area contributed by atoms with Gasteiger partial charge in [-0.2, -0.15) is 0 Å². The summed E-state index contributed by atoms with van der Waals surface area (Å²) in [5, 5.41) is 6.32. The highest BCUT2D eigenvalue weighted by Crippen LogP contribution is 2.34. The van der Waals surface area contributed by atoms with Crippen LogP contribution in [0.25, 0.3) is 0 Å². The van der Waals surface area contributed by atoms with E-state index < -0.39 is 16.6 Å². The van der Waals surface area contributed by atoms with E-state index in [0.29, 0.717) is 0 Å². The van der Waals surface area contributed by atoms with Crippen molar-refractivity contribution in [3.05, 3.63) is 0 Å². The van der Waals surface area contributed by atoms with E-state index >= 15 is 0 Å². The van der Waals surface area contributed by atoms with Gasteiger partial charge < -0.3 is 24.4 Å². The number of nitrogens with one attached hydrogen (secondary N) is 2. The second-order valence-corrected chi connectivity index (χ2v) is 21.0. The molecule has 1 aliphatic heterocycles. The van der Waals surface area contributed by atoms with Crippen molar-refractivity contribution in [3.8, 4) is 0 Å². The van der Waals surface area contributed by atoms with E-state index in [1.165, 1.54) is 6.04 Å². The summed E-state index contributed by atoms with van der Waals surface area (Å²) in [6, 6.07) is 1.21. The van der Waals surface area contributed by atoms with Crippen molar-refractivity contribution in [3.63, 3.8) is 0 Å². The predicted molar refractivity (Wildman–Crippen MR) is 153 cm³/mol. The maximum absolute atomic E-state index is 12.5. The quantitative estimate of drug-likeness (QED) is 0.235. The summed E-state index contributed by atoms with van der Waals surface area (Å²) in [6.07, 6.45) is 11.5. The van der Waals surface area contributed by atoms with Crippen LogP contribution in [0.4, 0.5) is 0 Å². The van der Waals surface area contributed by atoms with Crippen molar-refractivity contribution in [2.75, 3.05) is 46.6 Å². The number of likely N-dealkylation sites (tertiary alicyclic amines) is 1. The van der Waals surface area contributed by atoms with E-state index in [0.717, 1.165) is 102 Å². The Morgan fingerprint density at radius 3 is 1.67 bits per heavy atom. The molecule has 0 aromatic rings. The van der Waals surface area contributed by atoms with Crippen molar-refractivity contribution < 1.29 is 18.4 Å². The second kappa shape index (κ2) is 15.6. The molecule has 1 saturated carbocycles. The zero-order valence-electron chi connectivity index (χ0n) is 24.1. The highest BCUT2D eigenvalue weighted by molar-refractivity contribution is 6.71. The van der Waals surface area contributed by atoms with Crippen LogP contribution in [-0.4, -0.2) is 79.9 Å². The summed E-state index contributed by atoms with van der Waals surface area (Å²) in [5.74, 6) is 1.58. The number of rotatable bonds is 15. The van der Waals surface area contributed by atoms with Gasteiger partial charge in [-0.1, -0.05) is 12.8 Å². The van der Waals surface area contributed by atoms with E-state index in [2.05, 4.69) is 41.7 Å². The highest BCUT2D eigenvalue weighted by Gasteiger charge is 2.32. The molecule has 0 unspecified atom stereocenters. The number of hydrogen-bond acceptors (Lipinski definition) is 5. The van der Waals surface area contributed by atoms with Crippen LogP contribution in [0.2, 0.25) is 32.2 Å². The average molecular weight is 542 g/mol. The van der Waals surface area contributed by atoms with Gasteiger partial charge in [-0.05, 0) is 103 Å². The Morgan fingerprint density at radius 2 is 1.19 bits per heavy atom. The number of amides is 2. The largest absolute Gasteiger partial charge is 0.420 e. The standard InChI is InChI=1S/C27H55N3O4Si2/c1-33-35(3,4)21-23-11-13-24(14-12-23)26(31)28-17-9-7-8-10-18-29-27(32)25-15-19-30(20-16-25)22-36(5,6)34-2/h23-25H,7-22H2,1-6H3,(H,28,31)(H,29,32). The van der Waals surface area contributed by atoms with Gasteiger partial charge in [0.1, 0.15) is 0 Å². The molecular formula is C27H55N3O4Si2. The fourth-order valence-corrected chi connectivity index (χ4v) is 9.17. The summed E-state index contributed by atoms with van der Waals surface area (Å²) in [5.41, 5.74) is 0. The molecule has 2 aliphatic rings. The van der Waals surface area contributed by atoms with Crippen LogP contribution in [0.1, 0.15) is 64.2 Å². The van der Waals surface area contributed by atoms with Crippen LogP contribution >= 0.6 is 0 Å². The van der Waals surface area contributed by atoms with E-state index in [1.54, 1.807) is 0 Å². The Balaban J connectivity index is 1.45. The van der Waals surface area contributed by atoms with Crippen molar-refractivity contribution in [1.82, 2.24) is 15.5 Å². The summed E-state index contributed by atoms with van der Waals surface area (Å²) in [4.78, 5) is 27.5. The Labute approximate surface area is 223 Å². The predicted octanol–water partition coefficient (Wildman–Crippen LogP) is 4.54. The van der Waals surface area contributed by atoms with Gasteiger partial charge in [0.2, 0.25) is 11.8 Å². The zero-order valence-corrected chi connectivity index (χ0v) is 26.1.